The van der Waals surface area contributed by atoms with Crippen LogP contribution in [-0.4, -0.2) is 66.9 Å². The number of hydrogen-bond acceptors (Lipinski definition) is 4. The number of nitrogens with zero attached hydrogens (tertiary/aromatic N) is 2. The van der Waals surface area contributed by atoms with Crippen molar-refractivity contribution in [1.82, 2.24) is 20.4 Å². The number of nitrogens with one attached hydrogen (secondary N) is 2. The topological polar surface area (TPSA) is 64.7 Å². The number of carbonyl (C=O) groups excluding carboxylic acids is 2. The lowest BCUT2D eigenvalue weighted by Crippen LogP contribution is -2.46. The van der Waals surface area contributed by atoms with Gasteiger partial charge in [0.15, 0.2) is 0 Å². The first-order valence-electron chi connectivity index (χ1n) is 15.7. The fraction of sp³-hybridized carbons (Fsp3) is 0.351. The second-order valence-electron chi connectivity index (χ2n) is 11.5. The minimum Gasteiger partial charge on any atom is -0.376 e. The van der Waals surface area contributed by atoms with E-state index in [4.69, 9.17) is 0 Å². The van der Waals surface area contributed by atoms with E-state index >= 15 is 0 Å². The smallest absolute Gasteiger partial charge is 0.245 e. The Kier molecular flexibility index (Phi) is 11.2. The summed E-state index contributed by atoms with van der Waals surface area (Å²) in [6.45, 7) is 4.76. The number of likely N-dealkylation sites (tertiary alicyclic amines) is 1. The minimum absolute atomic E-state index is 0.0677. The van der Waals surface area contributed by atoms with Crippen LogP contribution in [-0.2, 0) is 9.59 Å². The zero-order chi connectivity index (χ0) is 29.7. The van der Waals surface area contributed by atoms with Crippen LogP contribution in [0, 0.1) is 0 Å². The molecular formula is C37H44N4O2. The van der Waals surface area contributed by atoms with Crippen molar-refractivity contribution in [3.63, 3.8) is 0 Å². The fourth-order valence-corrected chi connectivity index (χ4v) is 6.03. The quantitative estimate of drug-likeness (QED) is 0.276. The summed E-state index contributed by atoms with van der Waals surface area (Å²) in [7, 11) is 0. The molecule has 0 aliphatic carbocycles. The molecule has 224 valence electrons. The van der Waals surface area contributed by atoms with Crippen LogP contribution in [0.5, 0.6) is 0 Å². The highest BCUT2D eigenvalue weighted by Gasteiger charge is 2.30. The molecule has 0 radical (unpaired) electrons. The summed E-state index contributed by atoms with van der Waals surface area (Å²) < 4.78 is 0. The van der Waals surface area contributed by atoms with E-state index in [1.807, 2.05) is 53.4 Å². The van der Waals surface area contributed by atoms with Crippen LogP contribution in [0.2, 0.25) is 0 Å². The SMILES string of the molecule is O=C(/C=C/c1ccccc1)NCC1=CCN(CC(c2ccccc2)c2ccccc2)C(=O)[C@H](CCCN2CCCCC2)N1. The maximum Gasteiger partial charge on any atom is 0.245 e. The number of benzene rings is 3. The van der Waals surface area contributed by atoms with Gasteiger partial charge in [-0.15, -0.1) is 0 Å². The summed E-state index contributed by atoms with van der Waals surface area (Å²) in [6.07, 6.45) is 11.0. The largest absolute Gasteiger partial charge is 0.376 e. The second-order valence-corrected chi connectivity index (χ2v) is 11.5. The maximum atomic E-state index is 14.1. The van der Waals surface area contributed by atoms with Crippen LogP contribution in [0.4, 0.5) is 0 Å². The molecule has 0 bridgehead atoms. The molecule has 2 N–H and O–H groups in total. The van der Waals surface area contributed by atoms with Crippen LogP contribution < -0.4 is 10.6 Å². The van der Waals surface area contributed by atoms with Gasteiger partial charge in [0.05, 0.1) is 6.54 Å². The van der Waals surface area contributed by atoms with E-state index in [0.717, 1.165) is 43.7 Å². The fourth-order valence-electron chi connectivity index (χ4n) is 6.03. The summed E-state index contributed by atoms with van der Waals surface area (Å²) in [5.74, 6) is 0.0315. The van der Waals surface area contributed by atoms with E-state index in [2.05, 4.69) is 70.1 Å². The number of piperidine rings is 1. The van der Waals surface area contributed by atoms with Crippen LogP contribution in [0.15, 0.2) is 109 Å². The molecule has 2 amide bonds. The third kappa shape index (κ3) is 9.16. The first-order chi connectivity index (χ1) is 21.2. The number of rotatable bonds is 12. The van der Waals surface area contributed by atoms with Crippen molar-refractivity contribution in [3.8, 4) is 0 Å². The average Bonchev–Trinajstić information content (AvgIpc) is 3.21. The molecule has 2 heterocycles. The molecule has 1 fully saturated rings. The Labute approximate surface area is 256 Å². The van der Waals surface area contributed by atoms with E-state index < -0.39 is 0 Å². The van der Waals surface area contributed by atoms with Crippen molar-refractivity contribution in [2.45, 2.75) is 44.1 Å². The van der Waals surface area contributed by atoms with Crippen LogP contribution >= 0.6 is 0 Å². The van der Waals surface area contributed by atoms with Gasteiger partial charge in [0, 0.05) is 30.8 Å². The average molecular weight is 577 g/mol. The molecule has 0 spiro atoms. The van der Waals surface area contributed by atoms with Crippen molar-refractivity contribution >= 4 is 17.9 Å². The lowest BCUT2D eigenvalue weighted by Gasteiger charge is -2.30. The van der Waals surface area contributed by atoms with Gasteiger partial charge < -0.3 is 20.4 Å². The number of hydrogen-bond donors (Lipinski definition) is 2. The van der Waals surface area contributed by atoms with Gasteiger partial charge in [0.1, 0.15) is 6.04 Å². The van der Waals surface area contributed by atoms with E-state index in [0.29, 0.717) is 19.6 Å². The first-order valence-corrected chi connectivity index (χ1v) is 15.7. The van der Waals surface area contributed by atoms with Gasteiger partial charge in [-0.05, 0) is 74.2 Å². The van der Waals surface area contributed by atoms with Crippen molar-refractivity contribution < 1.29 is 9.59 Å². The summed E-state index contributed by atoms with van der Waals surface area (Å²) in [4.78, 5) is 31.2. The Hall–Kier alpha value is -4.16. The monoisotopic (exact) mass is 576 g/mol. The van der Waals surface area contributed by atoms with Crippen molar-refractivity contribution in [3.05, 3.63) is 126 Å². The van der Waals surface area contributed by atoms with E-state index in [1.165, 1.54) is 30.4 Å². The molecule has 6 nitrogen and oxygen atoms in total. The Bertz CT molecular complexity index is 1310. The number of amides is 2. The minimum atomic E-state index is -0.331. The first kappa shape index (κ1) is 30.3. The molecule has 1 saturated heterocycles. The molecule has 2 aliphatic rings. The van der Waals surface area contributed by atoms with Crippen LogP contribution in [0.3, 0.4) is 0 Å². The molecule has 0 aromatic heterocycles. The van der Waals surface area contributed by atoms with Gasteiger partial charge in [-0.25, -0.2) is 0 Å². The lowest BCUT2D eigenvalue weighted by atomic mass is 9.90. The zero-order valence-electron chi connectivity index (χ0n) is 25.0. The molecule has 1 atom stereocenters. The van der Waals surface area contributed by atoms with Crippen LogP contribution in [0.1, 0.15) is 54.7 Å². The molecule has 3 aromatic carbocycles. The van der Waals surface area contributed by atoms with Gasteiger partial charge in [-0.1, -0.05) is 97.4 Å². The standard InChI is InChI=1S/C37H44N4O2/c42-36(22-21-30-14-5-1-6-15-30)38-28-33-23-27-41(37(43)35(39-33)20-13-26-40-24-11-4-12-25-40)29-34(31-16-7-2-8-17-31)32-18-9-3-10-19-32/h1-3,5-10,14-19,21-23,34-35,39H,4,11-13,20,24-29H2,(H,38,42)/b22-21+/t35-/m0/s1. The Balaban J connectivity index is 1.29. The van der Waals surface area contributed by atoms with Gasteiger partial charge in [-0.2, -0.15) is 0 Å². The highest BCUT2D eigenvalue weighted by molar-refractivity contribution is 5.91. The molecule has 0 saturated carbocycles. The van der Waals surface area contributed by atoms with Crippen molar-refractivity contribution in [2.24, 2.45) is 0 Å². The predicted octanol–water partition coefficient (Wildman–Crippen LogP) is 5.60. The maximum absolute atomic E-state index is 14.1. The molecule has 43 heavy (non-hydrogen) atoms. The number of carbonyl (C=O) groups is 2. The molecule has 6 heteroatoms. The van der Waals surface area contributed by atoms with Gasteiger partial charge >= 0.3 is 0 Å². The van der Waals surface area contributed by atoms with Gasteiger partial charge in [0.25, 0.3) is 0 Å². The molecular weight excluding hydrogens is 532 g/mol. The van der Waals surface area contributed by atoms with Gasteiger partial charge in [-0.3, -0.25) is 9.59 Å². The summed E-state index contributed by atoms with van der Waals surface area (Å²) in [5.41, 5.74) is 4.26. The zero-order valence-corrected chi connectivity index (χ0v) is 25.0. The Morgan fingerprint density at radius 1 is 0.884 bits per heavy atom. The summed E-state index contributed by atoms with van der Waals surface area (Å²) in [5, 5.41) is 6.53. The van der Waals surface area contributed by atoms with Crippen molar-refractivity contribution in [1.29, 1.82) is 0 Å². The Morgan fingerprint density at radius 2 is 1.51 bits per heavy atom. The highest BCUT2D eigenvalue weighted by atomic mass is 16.2. The normalized spacial score (nSPS) is 17.9. The third-order valence-corrected chi connectivity index (χ3v) is 8.43. The van der Waals surface area contributed by atoms with E-state index in [-0.39, 0.29) is 23.8 Å². The van der Waals surface area contributed by atoms with E-state index in [9.17, 15) is 9.59 Å². The van der Waals surface area contributed by atoms with Crippen LogP contribution in [0.25, 0.3) is 6.08 Å². The summed E-state index contributed by atoms with van der Waals surface area (Å²) in [6, 6.07) is 30.4. The predicted molar refractivity (Wildman–Crippen MR) is 174 cm³/mol. The highest BCUT2D eigenvalue weighted by Crippen LogP contribution is 2.27. The third-order valence-electron chi connectivity index (χ3n) is 8.43. The van der Waals surface area contributed by atoms with E-state index in [1.54, 1.807) is 6.08 Å². The Morgan fingerprint density at radius 3 is 2.16 bits per heavy atom. The molecule has 0 unspecified atom stereocenters. The molecule has 3 aromatic rings. The second kappa shape index (κ2) is 15.9. The van der Waals surface area contributed by atoms with Crippen molar-refractivity contribution in [2.75, 3.05) is 39.3 Å². The lowest BCUT2D eigenvalue weighted by molar-refractivity contribution is -0.132. The molecule has 2 aliphatic heterocycles. The molecule has 5 rings (SSSR count). The summed E-state index contributed by atoms with van der Waals surface area (Å²) >= 11 is 0. The van der Waals surface area contributed by atoms with Gasteiger partial charge in [0.2, 0.25) is 11.8 Å².